The van der Waals surface area contributed by atoms with Crippen LogP contribution in [-0.4, -0.2) is 43.1 Å². The van der Waals surface area contributed by atoms with E-state index < -0.39 is 16.1 Å². The first-order chi connectivity index (χ1) is 9.41. The fourth-order valence-electron chi connectivity index (χ4n) is 2.25. The number of amides is 1. The van der Waals surface area contributed by atoms with Crippen LogP contribution < -0.4 is 5.32 Å². The molecule has 1 atom stereocenters. The van der Waals surface area contributed by atoms with Gasteiger partial charge in [0.15, 0.2) is 0 Å². The molecule has 0 bridgehead atoms. The molecule has 110 valence electrons. The molecular formula is C12H15BrN2O4S. The van der Waals surface area contributed by atoms with Crippen molar-refractivity contribution in [3.8, 4) is 0 Å². The molecule has 1 amide bonds. The van der Waals surface area contributed by atoms with Gasteiger partial charge >= 0.3 is 6.09 Å². The summed E-state index contributed by atoms with van der Waals surface area (Å²) in [7, 11) is -3.61. The van der Waals surface area contributed by atoms with Crippen molar-refractivity contribution in [3.05, 3.63) is 28.7 Å². The van der Waals surface area contributed by atoms with Crippen molar-refractivity contribution in [1.82, 2.24) is 9.62 Å². The summed E-state index contributed by atoms with van der Waals surface area (Å²) in [5.74, 6) is 0. The molecule has 0 aromatic heterocycles. The molecule has 1 aromatic carbocycles. The van der Waals surface area contributed by atoms with Gasteiger partial charge in [-0.05, 0) is 40.9 Å². The maximum Gasteiger partial charge on any atom is 0.404 e. The highest BCUT2D eigenvalue weighted by Crippen LogP contribution is 2.26. The van der Waals surface area contributed by atoms with E-state index in [1.165, 1.54) is 10.4 Å². The normalized spacial score (nSPS) is 20.6. The maximum atomic E-state index is 12.6. The Morgan fingerprint density at radius 3 is 2.75 bits per heavy atom. The van der Waals surface area contributed by atoms with Gasteiger partial charge in [0.25, 0.3) is 0 Å². The fraction of sp³-hybridized carbons (Fsp3) is 0.417. The lowest BCUT2D eigenvalue weighted by Gasteiger charge is -2.31. The molecule has 2 N–H and O–H groups in total. The van der Waals surface area contributed by atoms with Crippen LogP contribution >= 0.6 is 15.9 Å². The van der Waals surface area contributed by atoms with Crippen LogP contribution in [0.5, 0.6) is 0 Å². The highest BCUT2D eigenvalue weighted by Gasteiger charge is 2.31. The highest BCUT2D eigenvalue weighted by atomic mass is 79.9. The number of sulfonamides is 1. The Hall–Kier alpha value is -1.12. The monoisotopic (exact) mass is 362 g/mol. The van der Waals surface area contributed by atoms with Crippen LogP contribution in [0.2, 0.25) is 0 Å². The molecule has 1 heterocycles. The number of rotatable bonds is 3. The van der Waals surface area contributed by atoms with Gasteiger partial charge < -0.3 is 10.4 Å². The number of carboxylic acid groups (broad SMARTS) is 1. The summed E-state index contributed by atoms with van der Waals surface area (Å²) in [5.41, 5.74) is 0. The Labute approximate surface area is 126 Å². The molecular weight excluding hydrogens is 348 g/mol. The van der Waals surface area contributed by atoms with Crippen molar-refractivity contribution < 1.29 is 18.3 Å². The maximum absolute atomic E-state index is 12.6. The van der Waals surface area contributed by atoms with Crippen molar-refractivity contribution in [2.45, 2.75) is 23.8 Å². The van der Waals surface area contributed by atoms with Crippen molar-refractivity contribution in [2.75, 3.05) is 13.1 Å². The Morgan fingerprint density at radius 2 is 2.10 bits per heavy atom. The van der Waals surface area contributed by atoms with Crippen LogP contribution in [-0.2, 0) is 10.0 Å². The molecule has 1 aliphatic heterocycles. The zero-order chi connectivity index (χ0) is 14.8. The van der Waals surface area contributed by atoms with Gasteiger partial charge in [-0.25, -0.2) is 13.2 Å². The van der Waals surface area contributed by atoms with Gasteiger partial charge in [-0.1, -0.05) is 12.1 Å². The van der Waals surface area contributed by atoms with Gasteiger partial charge in [0, 0.05) is 23.6 Å². The quantitative estimate of drug-likeness (QED) is 0.859. The molecule has 0 unspecified atom stereocenters. The summed E-state index contributed by atoms with van der Waals surface area (Å²) in [5, 5.41) is 11.1. The number of benzene rings is 1. The molecule has 2 rings (SSSR count). The smallest absolute Gasteiger partial charge is 0.404 e. The number of halogens is 1. The average Bonchev–Trinajstić information content (AvgIpc) is 2.38. The first-order valence-corrected chi connectivity index (χ1v) is 8.38. The van der Waals surface area contributed by atoms with Gasteiger partial charge in [-0.2, -0.15) is 4.31 Å². The topological polar surface area (TPSA) is 86.7 Å². The largest absolute Gasteiger partial charge is 0.465 e. The van der Waals surface area contributed by atoms with Crippen molar-refractivity contribution in [2.24, 2.45) is 0 Å². The molecule has 0 aliphatic carbocycles. The molecule has 20 heavy (non-hydrogen) atoms. The summed E-state index contributed by atoms with van der Waals surface area (Å²) in [6, 6.07) is 6.25. The lowest BCUT2D eigenvalue weighted by atomic mass is 10.1. The van der Waals surface area contributed by atoms with Crippen LogP contribution in [0.3, 0.4) is 0 Å². The van der Waals surface area contributed by atoms with Gasteiger partial charge in [-0.3, -0.25) is 0 Å². The molecule has 0 radical (unpaired) electrons. The minimum atomic E-state index is -3.61. The number of nitrogens with one attached hydrogen (secondary N) is 1. The lowest BCUT2D eigenvalue weighted by Crippen LogP contribution is -2.49. The summed E-state index contributed by atoms with van der Waals surface area (Å²) in [6.45, 7) is 0.567. The first kappa shape index (κ1) is 15.3. The number of nitrogens with zero attached hydrogens (tertiary/aromatic N) is 1. The molecule has 1 aliphatic rings. The molecule has 1 fully saturated rings. The molecule has 0 spiro atoms. The van der Waals surface area contributed by atoms with Crippen molar-refractivity contribution in [3.63, 3.8) is 0 Å². The third kappa shape index (κ3) is 3.31. The minimum absolute atomic E-state index is 0.163. The number of hydrogen-bond donors (Lipinski definition) is 2. The Kier molecular flexibility index (Phi) is 4.66. The fourth-order valence-corrected chi connectivity index (χ4v) is 4.73. The third-order valence-electron chi connectivity index (χ3n) is 3.17. The van der Waals surface area contributed by atoms with E-state index in [1.807, 2.05) is 0 Å². The predicted molar refractivity (Wildman–Crippen MR) is 77.1 cm³/mol. The molecule has 8 heteroatoms. The van der Waals surface area contributed by atoms with Crippen molar-refractivity contribution in [1.29, 1.82) is 0 Å². The Bertz CT molecular complexity index is 605. The van der Waals surface area contributed by atoms with E-state index in [4.69, 9.17) is 5.11 Å². The molecule has 1 saturated heterocycles. The number of hydrogen-bond acceptors (Lipinski definition) is 3. The Morgan fingerprint density at radius 1 is 1.40 bits per heavy atom. The molecule has 0 saturated carbocycles. The lowest BCUT2D eigenvalue weighted by molar-refractivity contribution is 0.181. The predicted octanol–water partition coefficient (Wildman–Crippen LogP) is 1.87. The van der Waals surface area contributed by atoms with Crippen LogP contribution in [0.4, 0.5) is 4.79 Å². The SMILES string of the molecule is O=C(O)N[C@H]1CCCN(S(=O)(=O)c2ccccc2Br)C1. The van der Waals surface area contributed by atoms with Gasteiger partial charge in [-0.15, -0.1) is 0 Å². The van der Waals surface area contributed by atoms with Gasteiger partial charge in [0.1, 0.15) is 0 Å². The van der Waals surface area contributed by atoms with Crippen LogP contribution in [0.25, 0.3) is 0 Å². The second-order valence-corrected chi connectivity index (χ2v) is 7.34. The second-order valence-electron chi connectivity index (χ2n) is 4.58. The summed E-state index contributed by atoms with van der Waals surface area (Å²) in [4.78, 5) is 10.9. The summed E-state index contributed by atoms with van der Waals surface area (Å²) >= 11 is 3.24. The summed E-state index contributed by atoms with van der Waals surface area (Å²) in [6.07, 6.45) is 0.151. The van der Waals surface area contributed by atoms with E-state index in [0.29, 0.717) is 23.9 Å². The van der Waals surface area contributed by atoms with E-state index >= 15 is 0 Å². The van der Waals surface area contributed by atoms with E-state index in [2.05, 4.69) is 21.2 Å². The van der Waals surface area contributed by atoms with E-state index in [0.717, 1.165) is 0 Å². The third-order valence-corrected chi connectivity index (χ3v) is 6.04. The van der Waals surface area contributed by atoms with Crippen LogP contribution in [0.1, 0.15) is 12.8 Å². The zero-order valence-corrected chi connectivity index (χ0v) is 13.0. The zero-order valence-electron chi connectivity index (χ0n) is 10.6. The second kappa shape index (κ2) is 6.11. The standard InChI is InChI=1S/C12H15BrN2O4S/c13-10-5-1-2-6-11(10)20(18,19)15-7-3-4-9(8-15)14-12(16)17/h1-2,5-6,9,14H,3-4,7-8H2,(H,16,17)/t9-/m0/s1. The summed E-state index contributed by atoms with van der Waals surface area (Å²) < 4.78 is 27.0. The average molecular weight is 363 g/mol. The van der Waals surface area contributed by atoms with Gasteiger partial charge in [0.05, 0.1) is 4.90 Å². The van der Waals surface area contributed by atoms with Crippen LogP contribution in [0.15, 0.2) is 33.6 Å². The number of carbonyl (C=O) groups is 1. The van der Waals surface area contributed by atoms with Crippen molar-refractivity contribution >= 4 is 32.0 Å². The van der Waals surface area contributed by atoms with E-state index in [-0.39, 0.29) is 17.5 Å². The highest BCUT2D eigenvalue weighted by molar-refractivity contribution is 9.10. The van der Waals surface area contributed by atoms with E-state index in [1.54, 1.807) is 18.2 Å². The molecule has 6 nitrogen and oxygen atoms in total. The van der Waals surface area contributed by atoms with E-state index in [9.17, 15) is 13.2 Å². The number of piperidine rings is 1. The van der Waals surface area contributed by atoms with Crippen LogP contribution in [0, 0.1) is 0 Å². The minimum Gasteiger partial charge on any atom is -0.465 e. The molecule has 1 aromatic rings. The Balaban J connectivity index is 2.22. The van der Waals surface area contributed by atoms with Gasteiger partial charge in [0.2, 0.25) is 10.0 Å². The first-order valence-electron chi connectivity index (χ1n) is 6.15.